The lowest BCUT2D eigenvalue weighted by Gasteiger charge is -2.18. The summed E-state index contributed by atoms with van der Waals surface area (Å²) in [6.07, 6.45) is -2.90. The summed E-state index contributed by atoms with van der Waals surface area (Å²) in [7, 11) is 0. The Labute approximate surface area is 106 Å². The summed E-state index contributed by atoms with van der Waals surface area (Å²) in [4.78, 5) is 15.7. The SMILES string of the molecule is O=c1[nH]nnc2c1N=C[NH+]2[C@@H]1O[C@H](CO)[C@@H](O)[C@H]1O. The highest BCUT2D eigenvalue weighted by Gasteiger charge is 2.50. The van der Waals surface area contributed by atoms with E-state index in [1.807, 2.05) is 0 Å². The van der Waals surface area contributed by atoms with Crippen LogP contribution in [0, 0.1) is 0 Å². The van der Waals surface area contributed by atoms with E-state index in [9.17, 15) is 15.0 Å². The second-order valence-corrected chi connectivity index (χ2v) is 4.31. The molecule has 3 heterocycles. The van der Waals surface area contributed by atoms with Crippen molar-refractivity contribution in [2.24, 2.45) is 4.99 Å². The third-order valence-electron chi connectivity index (χ3n) is 3.20. The fourth-order valence-corrected chi connectivity index (χ4v) is 2.20. The van der Waals surface area contributed by atoms with Crippen molar-refractivity contribution in [2.75, 3.05) is 6.61 Å². The molecule has 3 rings (SSSR count). The molecule has 2 aliphatic rings. The molecule has 0 bridgehead atoms. The molecule has 0 aliphatic carbocycles. The lowest BCUT2D eigenvalue weighted by molar-refractivity contribution is -0.793. The molecule has 1 aromatic heterocycles. The Morgan fingerprint density at radius 2 is 2.21 bits per heavy atom. The summed E-state index contributed by atoms with van der Waals surface area (Å²) < 4.78 is 5.36. The fourth-order valence-electron chi connectivity index (χ4n) is 2.20. The van der Waals surface area contributed by atoms with Gasteiger partial charge in [0.05, 0.1) is 6.61 Å². The zero-order valence-electron chi connectivity index (χ0n) is 9.59. The number of nitrogens with zero attached hydrogens (tertiary/aromatic N) is 3. The molecule has 0 spiro atoms. The minimum atomic E-state index is -1.23. The largest absolute Gasteiger partial charge is 0.394 e. The molecule has 102 valence electrons. The highest BCUT2D eigenvalue weighted by atomic mass is 16.6. The predicted octanol–water partition coefficient (Wildman–Crippen LogP) is -4.21. The van der Waals surface area contributed by atoms with Gasteiger partial charge in [-0.1, -0.05) is 10.3 Å². The van der Waals surface area contributed by atoms with Crippen LogP contribution in [0.2, 0.25) is 0 Å². The first kappa shape index (κ1) is 12.3. The molecule has 0 radical (unpaired) electrons. The second-order valence-electron chi connectivity index (χ2n) is 4.31. The molecule has 0 aromatic carbocycles. The third-order valence-corrected chi connectivity index (χ3v) is 3.20. The van der Waals surface area contributed by atoms with Crippen molar-refractivity contribution in [3.63, 3.8) is 0 Å². The Hall–Kier alpha value is -1.72. The molecule has 10 heteroatoms. The quantitative estimate of drug-likeness (QED) is 0.366. The Balaban J connectivity index is 1.93. The van der Waals surface area contributed by atoms with Crippen LogP contribution in [0.1, 0.15) is 0 Å². The predicted molar refractivity (Wildman–Crippen MR) is 59.2 cm³/mol. The van der Waals surface area contributed by atoms with E-state index in [4.69, 9.17) is 9.84 Å². The van der Waals surface area contributed by atoms with E-state index in [0.717, 1.165) is 0 Å². The molecule has 0 saturated carbocycles. The first-order valence-corrected chi connectivity index (χ1v) is 5.62. The number of aromatic nitrogens is 3. The average Bonchev–Trinajstić information content (AvgIpc) is 2.94. The van der Waals surface area contributed by atoms with Crippen LogP contribution in [-0.4, -0.2) is 68.2 Å². The van der Waals surface area contributed by atoms with Crippen molar-refractivity contribution in [1.29, 1.82) is 0 Å². The van der Waals surface area contributed by atoms with Gasteiger partial charge in [-0.25, -0.2) is 10.00 Å². The number of quaternary nitrogens is 1. The minimum absolute atomic E-state index is 0.0859. The zero-order valence-corrected chi connectivity index (χ0v) is 9.59. The Morgan fingerprint density at radius 1 is 1.42 bits per heavy atom. The molecule has 1 saturated heterocycles. The van der Waals surface area contributed by atoms with Crippen molar-refractivity contribution >= 4 is 17.8 Å². The van der Waals surface area contributed by atoms with Crippen molar-refractivity contribution in [2.45, 2.75) is 24.5 Å². The Kier molecular flexibility index (Phi) is 2.88. The number of aliphatic hydroxyl groups excluding tert-OH is 3. The molecular weight excluding hydrogens is 258 g/mol. The van der Waals surface area contributed by atoms with Gasteiger partial charge in [-0.3, -0.25) is 4.79 Å². The maximum absolute atomic E-state index is 11.5. The number of hydrogen-bond acceptors (Lipinski definition) is 8. The van der Waals surface area contributed by atoms with Crippen molar-refractivity contribution in [3.8, 4) is 0 Å². The van der Waals surface area contributed by atoms with Crippen molar-refractivity contribution in [1.82, 2.24) is 15.4 Å². The van der Waals surface area contributed by atoms with E-state index < -0.39 is 36.7 Å². The smallest absolute Gasteiger partial charge is 0.299 e. The van der Waals surface area contributed by atoms with Gasteiger partial charge in [0.25, 0.3) is 11.4 Å². The van der Waals surface area contributed by atoms with Gasteiger partial charge in [-0.2, -0.15) is 4.99 Å². The molecule has 0 amide bonds. The summed E-state index contributed by atoms with van der Waals surface area (Å²) in [6, 6.07) is 0. The topological polar surface area (TPSA) is 145 Å². The van der Waals surface area contributed by atoms with E-state index in [2.05, 4.69) is 20.4 Å². The average molecular weight is 270 g/mol. The molecule has 2 aliphatic heterocycles. The summed E-state index contributed by atoms with van der Waals surface area (Å²) in [5.74, 6) is 0.207. The van der Waals surface area contributed by atoms with Crippen LogP contribution in [-0.2, 0) is 4.74 Å². The molecule has 19 heavy (non-hydrogen) atoms. The molecule has 1 fully saturated rings. The van der Waals surface area contributed by atoms with Gasteiger partial charge >= 0.3 is 0 Å². The number of aliphatic imine (C=N–C) groups is 1. The standard InChI is InChI=1S/C9H11N5O5/c15-1-3-5(16)6(17)9(19-3)14-2-10-4-7(14)11-13-12-8(4)18/h2-3,5-6,9,15-17H,1H2,(H,11,12,18)/p+1/t3-,5-,6-,9-/m1/s1. The molecule has 5 atom stereocenters. The van der Waals surface area contributed by atoms with Gasteiger partial charge in [-0.15, -0.1) is 0 Å². The first-order valence-electron chi connectivity index (χ1n) is 5.62. The monoisotopic (exact) mass is 270 g/mol. The normalized spacial score (nSPS) is 36.7. The molecule has 10 nitrogen and oxygen atoms in total. The number of fused-ring (bicyclic) bond motifs is 1. The number of ether oxygens (including phenoxy) is 1. The highest BCUT2D eigenvalue weighted by molar-refractivity contribution is 5.67. The van der Waals surface area contributed by atoms with Gasteiger partial charge in [0.2, 0.25) is 11.9 Å². The lowest BCUT2D eigenvalue weighted by atomic mass is 10.1. The maximum atomic E-state index is 11.5. The molecular formula is C9H12N5O5+. The molecule has 5 N–H and O–H groups in total. The van der Waals surface area contributed by atoms with Gasteiger partial charge in [0.15, 0.2) is 12.4 Å². The molecule has 1 aromatic rings. The second kappa shape index (κ2) is 4.43. The van der Waals surface area contributed by atoms with Crippen LogP contribution in [0.25, 0.3) is 0 Å². The van der Waals surface area contributed by atoms with Gasteiger partial charge in [0, 0.05) is 0 Å². The van der Waals surface area contributed by atoms with Gasteiger partial charge in [-0.05, 0) is 0 Å². The lowest BCUT2D eigenvalue weighted by Crippen LogP contribution is -3.11. The van der Waals surface area contributed by atoms with E-state index in [1.165, 1.54) is 6.34 Å². The Morgan fingerprint density at radius 3 is 2.89 bits per heavy atom. The van der Waals surface area contributed by atoms with Crippen molar-refractivity contribution in [3.05, 3.63) is 10.4 Å². The number of hydrogen-bond donors (Lipinski definition) is 5. The van der Waals surface area contributed by atoms with Gasteiger partial charge in [0.1, 0.15) is 12.2 Å². The van der Waals surface area contributed by atoms with Gasteiger partial charge < -0.3 is 20.1 Å². The Bertz CT molecular complexity index is 574. The number of aliphatic hydroxyl groups is 3. The maximum Gasteiger partial charge on any atom is 0.299 e. The fraction of sp³-hybridized carbons (Fsp3) is 0.556. The van der Waals surface area contributed by atoms with E-state index >= 15 is 0 Å². The van der Waals surface area contributed by atoms with Crippen molar-refractivity contribution < 1.29 is 25.0 Å². The van der Waals surface area contributed by atoms with Crippen LogP contribution < -0.4 is 10.5 Å². The third kappa shape index (κ3) is 1.77. The summed E-state index contributed by atoms with van der Waals surface area (Å²) in [5, 5.41) is 38.0. The van der Waals surface area contributed by atoms with Crippen LogP contribution in [0.3, 0.4) is 0 Å². The van der Waals surface area contributed by atoms with E-state index in [1.54, 1.807) is 0 Å². The summed E-state index contributed by atoms with van der Waals surface area (Å²) in [6.45, 7) is -0.424. The number of rotatable bonds is 2. The summed E-state index contributed by atoms with van der Waals surface area (Å²) >= 11 is 0. The van der Waals surface area contributed by atoms with E-state index in [0.29, 0.717) is 4.90 Å². The van der Waals surface area contributed by atoms with Crippen LogP contribution >= 0.6 is 0 Å². The minimum Gasteiger partial charge on any atom is -0.394 e. The summed E-state index contributed by atoms with van der Waals surface area (Å²) in [5.41, 5.74) is -0.411. The highest BCUT2D eigenvalue weighted by Crippen LogP contribution is 2.21. The zero-order chi connectivity index (χ0) is 13.6. The molecule has 1 unspecified atom stereocenters. The first-order chi connectivity index (χ1) is 9.13. The van der Waals surface area contributed by atoms with Crippen LogP contribution in [0.15, 0.2) is 9.79 Å². The van der Waals surface area contributed by atoms with Crippen LogP contribution in [0.4, 0.5) is 11.5 Å². The van der Waals surface area contributed by atoms with E-state index in [-0.39, 0.29) is 11.5 Å². The number of nitrogens with one attached hydrogen (secondary N) is 2. The number of aromatic amines is 1. The van der Waals surface area contributed by atoms with Crippen LogP contribution in [0.5, 0.6) is 0 Å². The number of H-pyrrole nitrogens is 1.